The molecule has 1 saturated heterocycles. The number of hydrogen-bond acceptors (Lipinski definition) is 9. The highest BCUT2D eigenvalue weighted by molar-refractivity contribution is 5.97. The van der Waals surface area contributed by atoms with Crippen LogP contribution in [0.2, 0.25) is 0 Å². The van der Waals surface area contributed by atoms with E-state index >= 15 is 0 Å². The van der Waals surface area contributed by atoms with E-state index in [0.717, 1.165) is 42.9 Å². The highest BCUT2D eigenvalue weighted by Gasteiger charge is 2.45. The van der Waals surface area contributed by atoms with Gasteiger partial charge in [-0.15, -0.1) is 0 Å². The molecule has 52 heavy (non-hydrogen) atoms. The Morgan fingerprint density at radius 3 is 2.21 bits per heavy atom. The van der Waals surface area contributed by atoms with Crippen molar-refractivity contribution in [2.24, 2.45) is 17.3 Å². The zero-order valence-corrected chi connectivity index (χ0v) is 30.8. The summed E-state index contributed by atoms with van der Waals surface area (Å²) >= 11 is 0. The maximum absolute atomic E-state index is 14.2. The van der Waals surface area contributed by atoms with E-state index in [9.17, 15) is 24.0 Å². The lowest BCUT2D eigenvalue weighted by atomic mass is 9.82. The molecule has 4 atom stereocenters. The highest BCUT2D eigenvalue weighted by Crippen LogP contribution is 2.29. The molecule has 3 aromatic rings. The number of fused-ring (bicyclic) bond motifs is 1. The van der Waals surface area contributed by atoms with Crippen LogP contribution in [0.4, 0.5) is 4.79 Å². The van der Waals surface area contributed by atoms with Gasteiger partial charge in [-0.2, -0.15) is 0 Å². The molecule has 2 aromatic carbocycles. The summed E-state index contributed by atoms with van der Waals surface area (Å²) in [6.45, 7) is 10.6. The van der Waals surface area contributed by atoms with E-state index in [1.54, 1.807) is 32.9 Å². The first-order chi connectivity index (χ1) is 24.6. The van der Waals surface area contributed by atoms with Crippen molar-refractivity contribution in [1.82, 2.24) is 30.8 Å². The molecule has 13 heteroatoms. The second kappa shape index (κ2) is 16.1. The van der Waals surface area contributed by atoms with Crippen molar-refractivity contribution >= 4 is 40.6 Å². The highest BCUT2D eigenvalue weighted by atomic mass is 16.6. The van der Waals surface area contributed by atoms with Crippen molar-refractivity contribution in [1.29, 1.82) is 0 Å². The Bertz CT molecular complexity index is 1760. The number of likely N-dealkylation sites (tertiary alicyclic amines) is 1. The number of amides is 4. The SMILES string of the molecule is CC(C)(C)OC(=O)[C@@H]1CN(C(=O)Oc2ccc3ccccc3c2)C[C@@H]1NC(=O)[C@@H](NC(=O)[C@@H](NC(=O)c1cnccn1)C1CCCCC1)C(C)(C)C. The molecule has 5 rings (SSSR count). The van der Waals surface area contributed by atoms with Crippen molar-refractivity contribution < 1.29 is 33.4 Å². The van der Waals surface area contributed by atoms with Crippen LogP contribution in [0.1, 0.15) is 84.1 Å². The summed E-state index contributed by atoms with van der Waals surface area (Å²) < 4.78 is 11.4. The predicted octanol–water partition coefficient (Wildman–Crippen LogP) is 4.80. The van der Waals surface area contributed by atoms with Gasteiger partial charge in [-0.1, -0.05) is 70.4 Å². The minimum atomic E-state index is -1.06. The number of rotatable bonds is 9. The van der Waals surface area contributed by atoms with Gasteiger partial charge in [0.25, 0.3) is 5.91 Å². The number of benzene rings is 2. The number of carbonyl (C=O) groups excluding carboxylic acids is 5. The van der Waals surface area contributed by atoms with Crippen LogP contribution in [-0.4, -0.2) is 81.5 Å². The van der Waals surface area contributed by atoms with E-state index in [1.807, 2.05) is 51.1 Å². The number of esters is 1. The first kappa shape index (κ1) is 38.2. The van der Waals surface area contributed by atoms with E-state index in [-0.39, 0.29) is 24.7 Å². The fraction of sp³-hybridized carbons (Fsp3) is 0.513. The van der Waals surface area contributed by atoms with E-state index < -0.39 is 64.8 Å². The molecule has 1 aliphatic heterocycles. The third-order valence-corrected chi connectivity index (χ3v) is 9.44. The van der Waals surface area contributed by atoms with Crippen molar-refractivity contribution in [3.8, 4) is 5.75 Å². The van der Waals surface area contributed by atoms with Gasteiger partial charge in [-0.05, 0) is 67.9 Å². The zero-order valence-electron chi connectivity index (χ0n) is 30.8. The molecule has 13 nitrogen and oxygen atoms in total. The average molecular weight is 715 g/mol. The van der Waals surface area contributed by atoms with Crippen LogP contribution in [0, 0.1) is 17.3 Å². The predicted molar refractivity (Wildman–Crippen MR) is 194 cm³/mol. The molecule has 1 saturated carbocycles. The first-order valence-electron chi connectivity index (χ1n) is 17.9. The van der Waals surface area contributed by atoms with E-state index in [2.05, 4.69) is 25.9 Å². The number of hydrogen-bond donors (Lipinski definition) is 3. The summed E-state index contributed by atoms with van der Waals surface area (Å²) in [6.07, 6.45) is 7.91. The normalized spacial score (nSPS) is 19.3. The molecular weight excluding hydrogens is 664 g/mol. The van der Waals surface area contributed by atoms with Gasteiger partial charge >= 0.3 is 12.1 Å². The molecule has 2 fully saturated rings. The molecular formula is C39H50N6O7. The van der Waals surface area contributed by atoms with Crippen LogP contribution in [0.25, 0.3) is 10.8 Å². The minimum absolute atomic E-state index is 0.0221. The van der Waals surface area contributed by atoms with Gasteiger partial charge in [0.2, 0.25) is 11.8 Å². The molecule has 2 heterocycles. The van der Waals surface area contributed by atoms with Crippen molar-refractivity contribution in [2.75, 3.05) is 13.1 Å². The van der Waals surface area contributed by atoms with Gasteiger partial charge < -0.3 is 30.3 Å². The molecule has 0 bridgehead atoms. The van der Waals surface area contributed by atoms with Gasteiger partial charge in [0, 0.05) is 25.5 Å². The van der Waals surface area contributed by atoms with Crippen LogP contribution >= 0.6 is 0 Å². The number of aromatic nitrogens is 2. The summed E-state index contributed by atoms with van der Waals surface area (Å²) in [5.41, 5.74) is -1.50. The Balaban J connectivity index is 1.33. The van der Waals surface area contributed by atoms with Crippen LogP contribution in [0.5, 0.6) is 5.75 Å². The van der Waals surface area contributed by atoms with Crippen LogP contribution < -0.4 is 20.7 Å². The second-order valence-electron chi connectivity index (χ2n) is 15.8. The second-order valence-corrected chi connectivity index (χ2v) is 15.8. The summed E-state index contributed by atoms with van der Waals surface area (Å²) in [5.74, 6) is -2.81. The molecule has 1 aliphatic carbocycles. The molecule has 0 radical (unpaired) electrons. The molecule has 0 spiro atoms. The zero-order chi connectivity index (χ0) is 37.6. The quantitative estimate of drug-likeness (QED) is 0.264. The first-order valence-corrected chi connectivity index (χ1v) is 17.9. The number of nitrogens with zero attached hydrogens (tertiary/aromatic N) is 3. The van der Waals surface area contributed by atoms with E-state index in [4.69, 9.17) is 9.47 Å². The standard InChI is InChI=1S/C39H50N6O7/c1-38(2,3)32(44-34(47)31(25-13-8-7-9-14-25)43-33(46)29-21-40-18-19-41-29)35(48)42-30-23-45(22-28(30)36(49)52-39(4,5)6)37(50)51-27-17-16-24-12-10-11-15-26(24)20-27/h10-12,15-21,25,28,30-32H,7-9,13-14,22-23H2,1-6H3,(H,42,48)(H,43,46)(H,44,47)/t28-,30+,31+,32-/m1/s1. The molecule has 4 amide bonds. The van der Waals surface area contributed by atoms with Gasteiger partial charge in [0.15, 0.2) is 0 Å². The monoisotopic (exact) mass is 714 g/mol. The Labute approximate surface area is 304 Å². The van der Waals surface area contributed by atoms with Gasteiger partial charge in [-0.3, -0.25) is 24.2 Å². The minimum Gasteiger partial charge on any atom is -0.460 e. The Morgan fingerprint density at radius 1 is 0.846 bits per heavy atom. The van der Waals surface area contributed by atoms with Crippen LogP contribution in [-0.2, 0) is 19.1 Å². The van der Waals surface area contributed by atoms with Gasteiger partial charge in [0.05, 0.1) is 18.2 Å². The Morgan fingerprint density at radius 2 is 1.56 bits per heavy atom. The maximum Gasteiger partial charge on any atom is 0.415 e. The fourth-order valence-corrected chi connectivity index (χ4v) is 6.78. The van der Waals surface area contributed by atoms with Crippen LogP contribution in [0.3, 0.4) is 0 Å². The van der Waals surface area contributed by atoms with Gasteiger partial charge in [-0.25, -0.2) is 9.78 Å². The smallest absolute Gasteiger partial charge is 0.415 e. The van der Waals surface area contributed by atoms with E-state index in [0.29, 0.717) is 5.75 Å². The summed E-state index contributed by atoms with van der Waals surface area (Å²) in [5, 5.41) is 10.6. The van der Waals surface area contributed by atoms with Crippen molar-refractivity contribution in [3.63, 3.8) is 0 Å². The summed E-state index contributed by atoms with van der Waals surface area (Å²) in [4.78, 5) is 77.7. The van der Waals surface area contributed by atoms with Gasteiger partial charge in [0.1, 0.15) is 29.1 Å². The topological polar surface area (TPSA) is 169 Å². The number of ether oxygens (including phenoxy) is 2. The lowest BCUT2D eigenvalue weighted by molar-refractivity contribution is -0.160. The average Bonchev–Trinajstić information content (AvgIpc) is 3.53. The maximum atomic E-state index is 14.2. The third kappa shape index (κ3) is 9.83. The van der Waals surface area contributed by atoms with Crippen molar-refractivity contribution in [3.05, 3.63) is 66.7 Å². The summed E-state index contributed by atoms with van der Waals surface area (Å²) in [7, 11) is 0. The molecule has 3 N–H and O–H groups in total. The molecule has 1 aromatic heterocycles. The third-order valence-electron chi connectivity index (χ3n) is 9.44. The fourth-order valence-electron chi connectivity index (χ4n) is 6.78. The largest absolute Gasteiger partial charge is 0.460 e. The van der Waals surface area contributed by atoms with Crippen LogP contribution in [0.15, 0.2) is 61.1 Å². The Hall–Kier alpha value is -5.07. The van der Waals surface area contributed by atoms with E-state index in [1.165, 1.54) is 23.5 Å². The Kier molecular flexibility index (Phi) is 11.8. The lowest BCUT2D eigenvalue weighted by Gasteiger charge is -2.35. The number of carbonyl (C=O) groups is 5. The molecule has 0 unspecified atom stereocenters. The molecule has 2 aliphatic rings. The molecule has 278 valence electrons. The number of nitrogens with one attached hydrogen (secondary N) is 3. The summed E-state index contributed by atoms with van der Waals surface area (Å²) in [6, 6.07) is 10.2. The van der Waals surface area contributed by atoms with Crippen molar-refractivity contribution in [2.45, 2.75) is 97.4 Å². The lowest BCUT2D eigenvalue weighted by Crippen LogP contribution is -2.61.